The fourth-order valence-electron chi connectivity index (χ4n) is 0.813. The van der Waals surface area contributed by atoms with Crippen molar-refractivity contribution in [3.05, 3.63) is 22.5 Å². The molecule has 0 radical (unpaired) electrons. The van der Waals surface area contributed by atoms with Crippen LogP contribution in [-0.2, 0) is 9.47 Å². The molecule has 5 nitrogen and oxygen atoms in total. The van der Waals surface area contributed by atoms with E-state index >= 15 is 0 Å². The number of hydrogen-bond acceptors (Lipinski definition) is 3. The van der Waals surface area contributed by atoms with Crippen LogP contribution in [0.3, 0.4) is 0 Å². The highest BCUT2D eigenvalue weighted by Crippen LogP contribution is 2.05. The van der Waals surface area contributed by atoms with Gasteiger partial charge in [-0.2, -0.15) is 0 Å². The highest BCUT2D eigenvalue weighted by Gasteiger charge is 1.96. The van der Waals surface area contributed by atoms with Crippen LogP contribution >= 0.6 is 0 Å². The molecule has 0 unspecified atom stereocenters. The molecule has 0 spiro atoms. The van der Waals surface area contributed by atoms with Crippen LogP contribution in [0.25, 0.3) is 10.4 Å². The molecule has 0 aliphatic heterocycles. The molecule has 0 heterocycles. The van der Waals surface area contributed by atoms with E-state index in [-0.39, 0.29) is 6.73 Å². The Morgan fingerprint density at radius 3 is 2.80 bits per heavy atom. The topological polar surface area (TPSA) is 67.2 Å². The van der Waals surface area contributed by atoms with Crippen molar-refractivity contribution in [1.82, 2.24) is 0 Å². The standard InChI is InChI=1S/C10H19N3O2/c1-4-10(15-8-12-13-11)7-14-6-5-9(2)3/h7,9H,4-6,8H2,1-3H3/b10-7-. The van der Waals surface area contributed by atoms with E-state index in [4.69, 9.17) is 15.0 Å². The fourth-order valence-corrected chi connectivity index (χ4v) is 0.813. The lowest BCUT2D eigenvalue weighted by Crippen LogP contribution is -1.97. The Morgan fingerprint density at radius 1 is 1.53 bits per heavy atom. The number of hydrogen-bond donors (Lipinski definition) is 0. The van der Waals surface area contributed by atoms with E-state index in [0.717, 1.165) is 12.8 Å². The molecule has 0 atom stereocenters. The second-order valence-corrected chi connectivity index (χ2v) is 3.50. The van der Waals surface area contributed by atoms with Crippen molar-refractivity contribution in [2.45, 2.75) is 33.6 Å². The quantitative estimate of drug-likeness (QED) is 0.203. The summed E-state index contributed by atoms with van der Waals surface area (Å²) in [5.74, 6) is 1.33. The van der Waals surface area contributed by atoms with Gasteiger partial charge in [-0.05, 0) is 17.9 Å². The summed E-state index contributed by atoms with van der Waals surface area (Å²) in [4.78, 5) is 2.59. The summed E-state index contributed by atoms with van der Waals surface area (Å²) < 4.78 is 10.5. The van der Waals surface area contributed by atoms with Crippen molar-refractivity contribution >= 4 is 0 Å². The maximum Gasteiger partial charge on any atom is 0.167 e. The van der Waals surface area contributed by atoms with Gasteiger partial charge < -0.3 is 9.47 Å². The van der Waals surface area contributed by atoms with Crippen LogP contribution in [0, 0.1) is 5.92 Å². The summed E-state index contributed by atoms with van der Waals surface area (Å²) in [5.41, 5.74) is 8.05. The molecule has 0 N–H and O–H groups in total. The minimum absolute atomic E-state index is 0.0176. The van der Waals surface area contributed by atoms with Gasteiger partial charge in [0.05, 0.1) is 6.61 Å². The highest BCUT2D eigenvalue weighted by atomic mass is 16.5. The Bertz CT molecular complexity index is 233. The highest BCUT2D eigenvalue weighted by molar-refractivity contribution is 4.85. The normalized spacial score (nSPS) is 11.1. The molecule has 86 valence electrons. The lowest BCUT2D eigenvalue weighted by atomic mass is 10.1. The van der Waals surface area contributed by atoms with Gasteiger partial charge in [0.15, 0.2) is 6.73 Å². The molecule has 0 aromatic heterocycles. The van der Waals surface area contributed by atoms with E-state index in [9.17, 15) is 0 Å². The molecule has 0 aliphatic carbocycles. The van der Waals surface area contributed by atoms with Crippen molar-refractivity contribution in [2.75, 3.05) is 13.3 Å². The minimum Gasteiger partial charge on any atom is -0.498 e. The smallest absolute Gasteiger partial charge is 0.167 e. The summed E-state index contributed by atoms with van der Waals surface area (Å²) in [7, 11) is 0. The van der Waals surface area contributed by atoms with Gasteiger partial charge in [0.1, 0.15) is 12.0 Å². The molecule has 0 saturated carbocycles. The van der Waals surface area contributed by atoms with Gasteiger partial charge in [0.2, 0.25) is 0 Å². The van der Waals surface area contributed by atoms with Gasteiger partial charge in [-0.3, -0.25) is 0 Å². The van der Waals surface area contributed by atoms with Crippen LogP contribution in [0.2, 0.25) is 0 Å². The third-order valence-corrected chi connectivity index (χ3v) is 1.75. The molecular formula is C10H19N3O2. The fraction of sp³-hybridized carbons (Fsp3) is 0.800. The average molecular weight is 213 g/mol. The second kappa shape index (κ2) is 9.21. The Morgan fingerprint density at radius 2 is 2.27 bits per heavy atom. The third-order valence-electron chi connectivity index (χ3n) is 1.75. The first-order chi connectivity index (χ1) is 7.20. The van der Waals surface area contributed by atoms with Gasteiger partial charge >= 0.3 is 0 Å². The van der Waals surface area contributed by atoms with Crippen LogP contribution in [0.5, 0.6) is 0 Å². The van der Waals surface area contributed by atoms with Crippen LogP contribution in [0.4, 0.5) is 0 Å². The largest absolute Gasteiger partial charge is 0.498 e. The Hall–Kier alpha value is -1.35. The van der Waals surface area contributed by atoms with E-state index in [0.29, 0.717) is 18.3 Å². The van der Waals surface area contributed by atoms with Crippen molar-refractivity contribution in [3.63, 3.8) is 0 Å². The summed E-state index contributed by atoms with van der Waals surface area (Å²) >= 11 is 0. The van der Waals surface area contributed by atoms with Gasteiger partial charge in [0.25, 0.3) is 0 Å². The van der Waals surface area contributed by atoms with Crippen molar-refractivity contribution in [3.8, 4) is 0 Å². The van der Waals surface area contributed by atoms with Crippen molar-refractivity contribution in [1.29, 1.82) is 0 Å². The van der Waals surface area contributed by atoms with Crippen LogP contribution in [0.1, 0.15) is 33.6 Å². The molecule has 0 aliphatic rings. The first-order valence-electron chi connectivity index (χ1n) is 5.15. The summed E-state index contributed by atoms with van der Waals surface area (Å²) in [6.45, 7) is 6.95. The molecule has 0 aromatic rings. The molecule has 0 saturated heterocycles. The summed E-state index contributed by atoms with van der Waals surface area (Å²) in [6.07, 6.45) is 3.34. The van der Waals surface area contributed by atoms with Crippen molar-refractivity contribution < 1.29 is 9.47 Å². The number of allylic oxidation sites excluding steroid dienone is 1. The zero-order chi connectivity index (χ0) is 11.5. The molecule has 0 aromatic carbocycles. The lowest BCUT2D eigenvalue weighted by molar-refractivity contribution is 0.169. The average Bonchev–Trinajstić information content (AvgIpc) is 2.21. The Balaban J connectivity index is 3.73. The molecule has 15 heavy (non-hydrogen) atoms. The minimum atomic E-state index is 0.0176. The molecular weight excluding hydrogens is 194 g/mol. The lowest BCUT2D eigenvalue weighted by Gasteiger charge is -2.07. The summed E-state index contributed by atoms with van der Waals surface area (Å²) in [5, 5.41) is 3.28. The number of ether oxygens (including phenoxy) is 2. The SMILES string of the molecule is CC/C(=C/OCCC(C)C)OCN=[N+]=[N-]. The monoisotopic (exact) mass is 213 g/mol. The summed E-state index contributed by atoms with van der Waals surface area (Å²) in [6, 6.07) is 0. The molecule has 5 heteroatoms. The van der Waals surface area contributed by atoms with Crippen molar-refractivity contribution in [2.24, 2.45) is 11.0 Å². The van der Waals surface area contributed by atoms with Gasteiger partial charge in [-0.25, -0.2) is 0 Å². The number of nitrogens with zero attached hydrogens (tertiary/aromatic N) is 3. The van der Waals surface area contributed by atoms with E-state index < -0.39 is 0 Å². The van der Waals surface area contributed by atoms with Gasteiger partial charge in [-0.15, -0.1) is 0 Å². The first-order valence-corrected chi connectivity index (χ1v) is 5.15. The second-order valence-electron chi connectivity index (χ2n) is 3.50. The zero-order valence-corrected chi connectivity index (χ0v) is 9.64. The number of azide groups is 1. The van der Waals surface area contributed by atoms with Crippen LogP contribution < -0.4 is 0 Å². The predicted octanol–water partition coefficient (Wildman–Crippen LogP) is 3.58. The van der Waals surface area contributed by atoms with Gasteiger partial charge in [-0.1, -0.05) is 25.9 Å². The Labute approximate surface area is 90.7 Å². The maximum absolute atomic E-state index is 8.05. The predicted molar refractivity (Wildman–Crippen MR) is 58.9 cm³/mol. The van der Waals surface area contributed by atoms with Crippen LogP contribution in [0.15, 0.2) is 17.1 Å². The van der Waals surface area contributed by atoms with Gasteiger partial charge in [0, 0.05) is 11.3 Å². The number of rotatable bonds is 8. The molecule has 0 fully saturated rings. The van der Waals surface area contributed by atoms with E-state index in [2.05, 4.69) is 23.9 Å². The molecule has 0 bridgehead atoms. The third kappa shape index (κ3) is 8.97. The van der Waals surface area contributed by atoms with E-state index in [1.165, 1.54) is 0 Å². The maximum atomic E-state index is 8.05. The Kier molecular flexibility index (Phi) is 8.39. The van der Waals surface area contributed by atoms with Crippen LogP contribution in [-0.4, -0.2) is 13.3 Å². The zero-order valence-electron chi connectivity index (χ0n) is 9.64. The molecule has 0 amide bonds. The van der Waals surface area contributed by atoms with E-state index in [1.54, 1.807) is 6.26 Å². The molecule has 0 rings (SSSR count). The first kappa shape index (κ1) is 13.7. The van der Waals surface area contributed by atoms with E-state index in [1.807, 2.05) is 6.92 Å².